The summed E-state index contributed by atoms with van der Waals surface area (Å²) >= 11 is 6.37. The van der Waals surface area contributed by atoms with Gasteiger partial charge in [0.2, 0.25) is 0 Å². The molecule has 0 aliphatic heterocycles. The van der Waals surface area contributed by atoms with Crippen molar-refractivity contribution < 1.29 is 36.0 Å². The van der Waals surface area contributed by atoms with Gasteiger partial charge in [-0.3, -0.25) is 4.79 Å². The summed E-state index contributed by atoms with van der Waals surface area (Å²) in [5.41, 5.74) is -0.865. The fourth-order valence-corrected chi connectivity index (χ4v) is 8.84. The van der Waals surface area contributed by atoms with Crippen LogP contribution in [0.2, 0.25) is 5.02 Å². The molecule has 12 heteroatoms. The Bertz CT molecular complexity index is 1780. The molecule has 44 heavy (non-hydrogen) atoms. The molecule has 1 heterocycles. The molecule has 232 valence electrons. The SMILES string of the molecule is CC[C@](O)(C[C@@H]1CCC(C)C1S(=O)(=O)c1cc(C(=O)Nc2cc(F)c(F)c(F)c2)ccc1Cl)c1cc(-c2ccccc2)on1. The van der Waals surface area contributed by atoms with Crippen LogP contribution >= 0.6 is 11.6 Å². The molecule has 1 aromatic heterocycles. The summed E-state index contributed by atoms with van der Waals surface area (Å²) in [6.07, 6.45) is 1.46. The molecular weight excluding hydrogens is 617 g/mol. The number of carbonyl (C=O) groups excluding carboxylic acids is 1. The first-order valence-electron chi connectivity index (χ1n) is 14.1. The molecule has 7 nitrogen and oxygen atoms in total. The van der Waals surface area contributed by atoms with E-state index in [1.54, 1.807) is 13.0 Å². The molecule has 1 saturated carbocycles. The minimum absolute atomic E-state index is 0.0952. The monoisotopic (exact) mass is 646 g/mol. The fraction of sp³-hybridized carbons (Fsp3) is 0.312. The van der Waals surface area contributed by atoms with Crippen molar-refractivity contribution >= 4 is 33.0 Å². The zero-order chi connectivity index (χ0) is 31.8. The number of hydrogen-bond donors (Lipinski definition) is 2. The van der Waals surface area contributed by atoms with E-state index >= 15 is 0 Å². The third-order valence-electron chi connectivity index (χ3n) is 8.35. The highest BCUT2D eigenvalue weighted by atomic mass is 35.5. The van der Waals surface area contributed by atoms with Gasteiger partial charge in [-0.1, -0.05) is 60.9 Å². The Balaban J connectivity index is 1.42. The van der Waals surface area contributed by atoms with Gasteiger partial charge < -0.3 is 14.9 Å². The Hall–Kier alpha value is -3.67. The molecule has 0 saturated heterocycles. The highest BCUT2D eigenvalue weighted by Crippen LogP contribution is 2.46. The van der Waals surface area contributed by atoms with E-state index in [-0.39, 0.29) is 39.9 Å². The van der Waals surface area contributed by atoms with Crippen LogP contribution in [0.25, 0.3) is 11.3 Å². The molecule has 0 bridgehead atoms. The first kappa shape index (κ1) is 31.7. The maximum Gasteiger partial charge on any atom is 0.255 e. The number of carbonyl (C=O) groups is 1. The summed E-state index contributed by atoms with van der Waals surface area (Å²) in [5, 5.41) is 17.1. The van der Waals surface area contributed by atoms with Crippen molar-refractivity contribution in [2.45, 2.75) is 55.3 Å². The second-order valence-electron chi connectivity index (χ2n) is 11.2. The van der Waals surface area contributed by atoms with E-state index in [0.29, 0.717) is 36.4 Å². The molecule has 4 aromatic rings. The topological polar surface area (TPSA) is 110 Å². The van der Waals surface area contributed by atoms with Crippen molar-refractivity contribution in [2.75, 3.05) is 5.32 Å². The van der Waals surface area contributed by atoms with Crippen molar-refractivity contribution in [1.29, 1.82) is 0 Å². The van der Waals surface area contributed by atoms with Crippen molar-refractivity contribution in [3.63, 3.8) is 0 Å². The van der Waals surface area contributed by atoms with Gasteiger partial charge in [-0.2, -0.15) is 0 Å². The number of benzene rings is 3. The quantitative estimate of drug-likeness (QED) is 0.182. The van der Waals surface area contributed by atoms with Gasteiger partial charge in [0.25, 0.3) is 5.91 Å². The Morgan fingerprint density at radius 3 is 2.41 bits per heavy atom. The lowest BCUT2D eigenvalue weighted by molar-refractivity contribution is 0.00105. The van der Waals surface area contributed by atoms with Crippen LogP contribution in [-0.2, 0) is 15.4 Å². The average Bonchev–Trinajstić information content (AvgIpc) is 3.64. The van der Waals surface area contributed by atoms with Crippen LogP contribution < -0.4 is 5.32 Å². The highest BCUT2D eigenvalue weighted by molar-refractivity contribution is 7.92. The summed E-state index contributed by atoms with van der Waals surface area (Å²) in [7, 11) is -4.15. The number of aliphatic hydroxyl groups is 1. The predicted octanol–water partition coefficient (Wildman–Crippen LogP) is 7.54. The molecule has 0 spiro atoms. The van der Waals surface area contributed by atoms with E-state index < -0.39 is 50.0 Å². The molecule has 1 amide bonds. The fourth-order valence-electron chi connectivity index (χ4n) is 5.98. The summed E-state index contributed by atoms with van der Waals surface area (Å²) in [6, 6.07) is 15.8. The lowest BCUT2D eigenvalue weighted by Crippen LogP contribution is -2.36. The number of nitrogens with zero attached hydrogens (tertiary/aromatic N) is 1. The summed E-state index contributed by atoms with van der Waals surface area (Å²) in [6.45, 7) is 3.61. The zero-order valence-corrected chi connectivity index (χ0v) is 25.4. The lowest BCUT2D eigenvalue weighted by Gasteiger charge is -2.31. The number of halogens is 4. The Morgan fingerprint density at radius 1 is 1.07 bits per heavy atom. The normalized spacial score (nSPS) is 19.9. The van der Waals surface area contributed by atoms with Gasteiger partial charge in [-0.25, -0.2) is 21.6 Å². The highest BCUT2D eigenvalue weighted by Gasteiger charge is 2.47. The van der Waals surface area contributed by atoms with Crippen LogP contribution in [0.1, 0.15) is 55.6 Å². The van der Waals surface area contributed by atoms with Gasteiger partial charge in [-0.05, 0) is 55.7 Å². The third-order valence-corrected chi connectivity index (χ3v) is 11.3. The zero-order valence-electron chi connectivity index (χ0n) is 23.9. The summed E-state index contributed by atoms with van der Waals surface area (Å²) < 4.78 is 74.5. The van der Waals surface area contributed by atoms with Crippen LogP contribution in [0.5, 0.6) is 0 Å². The van der Waals surface area contributed by atoms with Crippen LogP contribution in [0.15, 0.2) is 76.1 Å². The van der Waals surface area contributed by atoms with Crippen molar-refractivity contribution in [3.05, 3.63) is 100 Å². The van der Waals surface area contributed by atoms with Crippen LogP contribution in [0.4, 0.5) is 18.9 Å². The number of amides is 1. The van der Waals surface area contributed by atoms with Crippen molar-refractivity contribution in [2.24, 2.45) is 11.8 Å². The van der Waals surface area contributed by atoms with Crippen LogP contribution in [0, 0.1) is 29.3 Å². The maximum absolute atomic E-state index is 14.2. The largest absolute Gasteiger partial charge is 0.383 e. The van der Waals surface area contributed by atoms with E-state index in [1.165, 1.54) is 12.1 Å². The van der Waals surface area contributed by atoms with E-state index in [1.807, 2.05) is 37.3 Å². The number of rotatable bonds is 9. The Morgan fingerprint density at radius 2 is 1.75 bits per heavy atom. The molecule has 2 N–H and O–H groups in total. The third kappa shape index (κ3) is 6.13. The standard InChI is InChI=1S/C32H30ClF3N2O5S/c1-3-32(40,28-16-26(43-38-28)19-7-5-4-6-8-19)17-21-10-9-18(2)30(21)44(41,42)27-13-20(11-12-23(27)33)31(39)37-22-14-24(34)29(36)25(35)15-22/h4-8,11-16,18,21,30,40H,3,9-10,17H2,1-2H3,(H,37,39)/t18?,21-,30?,32-/m0/s1. The number of aromatic nitrogens is 1. The molecular formula is C32H30ClF3N2O5S. The molecule has 0 radical (unpaired) electrons. The summed E-state index contributed by atoms with van der Waals surface area (Å²) in [5.74, 6) is -5.83. The van der Waals surface area contributed by atoms with Gasteiger partial charge in [-0.15, -0.1) is 0 Å². The summed E-state index contributed by atoms with van der Waals surface area (Å²) in [4.78, 5) is 12.6. The van der Waals surface area contributed by atoms with Gasteiger partial charge in [0, 0.05) is 35.0 Å². The number of sulfone groups is 1. The molecule has 2 unspecified atom stereocenters. The van der Waals surface area contributed by atoms with Crippen LogP contribution in [-0.4, -0.2) is 29.8 Å². The predicted molar refractivity (Wildman–Crippen MR) is 159 cm³/mol. The van der Waals surface area contributed by atoms with Crippen molar-refractivity contribution in [1.82, 2.24) is 5.16 Å². The van der Waals surface area contributed by atoms with Gasteiger partial charge >= 0.3 is 0 Å². The van der Waals surface area contributed by atoms with Crippen LogP contribution in [0.3, 0.4) is 0 Å². The first-order chi connectivity index (χ1) is 20.8. The average molecular weight is 647 g/mol. The second-order valence-corrected chi connectivity index (χ2v) is 13.7. The number of nitrogens with one attached hydrogen (secondary N) is 1. The van der Waals surface area contributed by atoms with Gasteiger partial charge in [0.1, 0.15) is 11.3 Å². The molecule has 1 aliphatic rings. The lowest BCUT2D eigenvalue weighted by atomic mass is 9.84. The van der Waals surface area contributed by atoms with E-state index in [0.717, 1.165) is 11.6 Å². The Labute approximate surface area is 258 Å². The van der Waals surface area contributed by atoms with E-state index in [9.17, 15) is 31.5 Å². The van der Waals surface area contributed by atoms with Gasteiger partial charge in [0.05, 0.1) is 15.2 Å². The molecule has 3 aromatic carbocycles. The van der Waals surface area contributed by atoms with E-state index in [2.05, 4.69) is 10.5 Å². The van der Waals surface area contributed by atoms with Crippen molar-refractivity contribution in [3.8, 4) is 11.3 Å². The Kier molecular flexibility index (Phi) is 8.93. The first-order valence-corrected chi connectivity index (χ1v) is 16.0. The molecule has 1 fully saturated rings. The number of hydrogen-bond acceptors (Lipinski definition) is 6. The molecule has 5 rings (SSSR count). The molecule has 4 atom stereocenters. The van der Waals surface area contributed by atoms with E-state index in [4.69, 9.17) is 16.1 Å². The number of anilines is 1. The smallest absolute Gasteiger partial charge is 0.255 e. The minimum atomic E-state index is -4.15. The second kappa shape index (κ2) is 12.4. The molecule has 1 aliphatic carbocycles. The van der Waals surface area contributed by atoms with Gasteiger partial charge in [0.15, 0.2) is 33.0 Å². The maximum atomic E-state index is 14.2. The minimum Gasteiger partial charge on any atom is -0.383 e.